The lowest BCUT2D eigenvalue weighted by Gasteiger charge is -2.27. The number of anilines is 1. The SMILES string of the molecule is CC(C)CNc1cncc(C(=O)N(Cc2ccccc2)C(C)C)c1. The maximum Gasteiger partial charge on any atom is 0.256 e. The highest BCUT2D eigenvalue weighted by molar-refractivity contribution is 5.94. The van der Waals surface area contributed by atoms with E-state index in [1.165, 1.54) is 0 Å². The van der Waals surface area contributed by atoms with Crippen LogP contribution in [0.15, 0.2) is 48.8 Å². The van der Waals surface area contributed by atoms with Gasteiger partial charge in [-0.15, -0.1) is 0 Å². The molecule has 0 bridgehead atoms. The largest absolute Gasteiger partial charge is 0.384 e. The van der Waals surface area contributed by atoms with Gasteiger partial charge in [-0.05, 0) is 31.4 Å². The van der Waals surface area contributed by atoms with Crippen LogP contribution in [-0.2, 0) is 6.54 Å². The van der Waals surface area contributed by atoms with Crippen molar-refractivity contribution < 1.29 is 4.79 Å². The molecule has 1 aromatic heterocycles. The highest BCUT2D eigenvalue weighted by atomic mass is 16.2. The molecule has 0 aliphatic carbocycles. The van der Waals surface area contributed by atoms with E-state index in [4.69, 9.17) is 0 Å². The lowest BCUT2D eigenvalue weighted by Crippen LogP contribution is -2.36. The van der Waals surface area contributed by atoms with Crippen LogP contribution in [0.5, 0.6) is 0 Å². The first kappa shape index (κ1) is 18.0. The van der Waals surface area contributed by atoms with E-state index in [1.807, 2.05) is 55.1 Å². The molecule has 2 rings (SSSR count). The van der Waals surface area contributed by atoms with E-state index < -0.39 is 0 Å². The summed E-state index contributed by atoms with van der Waals surface area (Å²) in [4.78, 5) is 19.0. The third-order valence-electron chi connectivity index (χ3n) is 3.78. The summed E-state index contributed by atoms with van der Waals surface area (Å²) in [6.45, 7) is 9.83. The summed E-state index contributed by atoms with van der Waals surface area (Å²) >= 11 is 0. The molecule has 0 fully saturated rings. The van der Waals surface area contributed by atoms with Crippen LogP contribution in [0, 0.1) is 5.92 Å². The van der Waals surface area contributed by atoms with Crippen molar-refractivity contribution in [1.29, 1.82) is 0 Å². The van der Waals surface area contributed by atoms with Crippen molar-refractivity contribution in [2.75, 3.05) is 11.9 Å². The fourth-order valence-electron chi connectivity index (χ4n) is 2.41. The monoisotopic (exact) mass is 325 g/mol. The molecule has 0 spiro atoms. The van der Waals surface area contributed by atoms with E-state index in [9.17, 15) is 4.79 Å². The van der Waals surface area contributed by atoms with E-state index in [-0.39, 0.29) is 11.9 Å². The van der Waals surface area contributed by atoms with Crippen LogP contribution >= 0.6 is 0 Å². The van der Waals surface area contributed by atoms with E-state index >= 15 is 0 Å². The van der Waals surface area contributed by atoms with Crippen molar-refractivity contribution in [3.63, 3.8) is 0 Å². The van der Waals surface area contributed by atoms with Gasteiger partial charge in [-0.2, -0.15) is 0 Å². The Labute approximate surface area is 144 Å². The Morgan fingerprint density at radius 2 is 1.83 bits per heavy atom. The highest BCUT2D eigenvalue weighted by Crippen LogP contribution is 2.16. The third kappa shape index (κ3) is 5.08. The Kier molecular flexibility index (Phi) is 6.36. The minimum Gasteiger partial charge on any atom is -0.384 e. The summed E-state index contributed by atoms with van der Waals surface area (Å²) in [5.41, 5.74) is 2.63. The second-order valence-electron chi connectivity index (χ2n) is 6.75. The lowest BCUT2D eigenvalue weighted by molar-refractivity contribution is 0.0690. The zero-order valence-electron chi connectivity index (χ0n) is 15.0. The smallest absolute Gasteiger partial charge is 0.256 e. The number of pyridine rings is 1. The number of hydrogen-bond donors (Lipinski definition) is 1. The number of benzene rings is 1. The quantitative estimate of drug-likeness (QED) is 0.830. The molecule has 1 amide bonds. The average molecular weight is 325 g/mol. The number of nitrogens with one attached hydrogen (secondary N) is 1. The Bertz CT molecular complexity index is 653. The van der Waals surface area contributed by atoms with Crippen LogP contribution in [-0.4, -0.2) is 28.4 Å². The number of amides is 1. The van der Waals surface area contributed by atoms with E-state index in [1.54, 1.807) is 12.4 Å². The van der Waals surface area contributed by atoms with Gasteiger partial charge >= 0.3 is 0 Å². The lowest BCUT2D eigenvalue weighted by atomic mass is 10.1. The normalized spacial score (nSPS) is 10.9. The van der Waals surface area contributed by atoms with Crippen LogP contribution in [0.25, 0.3) is 0 Å². The second-order valence-corrected chi connectivity index (χ2v) is 6.75. The minimum atomic E-state index is 0.00884. The van der Waals surface area contributed by atoms with Gasteiger partial charge in [0, 0.05) is 31.5 Å². The van der Waals surface area contributed by atoms with Gasteiger partial charge in [0.25, 0.3) is 5.91 Å². The van der Waals surface area contributed by atoms with Gasteiger partial charge in [0.05, 0.1) is 11.3 Å². The first-order chi connectivity index (χ1) is 11.5. The third-order valence-corrected chi connectivity index (χ3v) is 3.78. The average Bonchev–Trinajstić information content (AvgIpc) is 2.58. The van der Waals surface area contributed by atoms with Gasteiger partial charge in [-0.1, -0.05) is 44.2 Å². The second kappa shape index (κ2) is 8.48. The molecule has 0 aliphatic rings. The first-order valence-corrected chi connectivity index (χ1v) is 8.51. The first-order valence-electron chi connectivity index (χ1n) is 8.51. The van der Waals surface area contributed by atoms with Crippen LogP contribution in [0.4, 0.5) is 5.69 Å². The van der Waals surface area contributed by atoms with Crippen LogP contribution in [0.1, 0.15) is 43.6 Å². The van der Waals surface area contributed by atoms with E-state index in [0.29, 0.717) is 18.0 Å². The van der Waals surface area contributed by atoms with Gasteiger partial charge in [-0.25, -0.2) is 0 Å². The summed E-state index contributed by atoms with van der Waals surface area (Å²) < 4.78 is 0. The molecule has 1 aromatic carbocycles. The molecule has 0 saturated heterocycles. The fourth-order valence-corrected chi connectivity index (χ4v) is 2.41. The van der Waals surface area contributed by atoms with Crippen molar-refractivity contribution >= 4 is 11.6 Å². The molecular weight excluding hydrogens is 298 g/mol. The molecule has 4 nitrogen and oxygen atoms in total. The summed E-state index contributed by atoms with van der Waals surface area (Å²) in [5, 5.41) is 3.32. The molecule has 0 aliphatic heterocycles. The van der Waals surface area contributed by atoms with E-state index in [2.05, 4.69) is 24.1 Å². The Morgan fingerprint density at radius 1 is 1.12 bits per heavy atom. The number of hydrogen-bond acceptors (Lipinski definition) is 3. The van der Waals surface area contributed by atoms with Crippen molar-refractivity contribution in [2.24, 2.45) is 5.92 Å². The van der Waals surface area contributed by atoms with Gasteiger partial charge in [-0.3, -0.25) is 9.78 Å². The molecule has 2 aromatic rings. The van der Waals surface area contributed by atoms with Gasteiger partial charge < -0.3 is 10.2 Å². The number of carbonyl (C=O) groups excluding carboxylic acids is 1. The summed E-state index contributed by atoms with van der Waals surface area (Å²) in [7, 11) is 0. The number of carbonyl (C=O) groups is 1. The van der Waals surface area contributed by atoms with Crippen LogP contribution < -0.4 is 5.32 Å². The van der Waals surface area contributed by atoms with E-state index in [0.717, 1.165) is 17.8 Å². The van der Waals surface area contributed by atoms with Crippen molar-refractivity contribution in [1.82, 2.24) is 9.88 Å². The molecule has 1 heterocycles. The van der Waals surface area contributed by atoms with Crippen LogP contribution in [0.3, 0.4) is 0 Å². The van der Waals surface area contributed by atoms with Gasteiger partial charge in [0.2, 0.25) is 0 Å². The summed E-state index contributed by atoms with van der Waals surface area (Å²) in [6, 6.07) is 12.1. The predicted octanol–water partition coefficient (Wildman–Crippen LogP) is 4.20. The van der Waals surface area contributed by atoms with Gasteiger partial charge in [0.1, 0.15) is 0 Å². The predicted molar refractivity (Wildman–Crippen MR) is 99.0 cm³/mol. The Hall–Kier alpha value is -2.36. The van der Waals surface area contributed by atoms with Crippen molar-refractivity contribution in [3.8, 4) is 0 Å². The number of aromatic nitrogens is 1. The maximum absolute atomic E-state index is 12.9. The Morgan fingerprint density at radius 3 is 2.46 bits per heavy atom. The fraction of sp³-hybridized carbons (Fsp3) is 0.400. The maximum atomic E-state index is 12.9. The molecule has 4 heteroatoms. The van der Waals surface area contributed by atoms with Gasteiger partial charge in [0.15, 0.2) is 0 Å². The number of nitrogens with zero attached hydrogens (tertiary/aromatic N) is 2. The Balaban J connectivity index is 2.16. The molecule has 24 heavy (non-hydrogen) atoms. The molecule has 0 unspecified atom stereocenters. The molecule has 0 saturated carbocycles. The van der Waals surface area contributed by atoms with Crippen LogP contribution in [0.2, 0.25) is 0 Å². The molecule has 128 valence electrons. The summed E-state index contributed by atoms with van der Waals surface area (Å²) in [6.07, 6.45) is 3.40. The zero-order valence-corrected chi connectivity index (χ0v) is 15.0. The minimum absolute atomic E-state index is 0.00884. The number of rotatable bonds is 7. The topological polar surface area (TPSA) is 45.2 Å². The molecular formula is C20H27N3O. The van der Waals surface area contributed by atoms with Crippen molar-refractivity contribution in [3.05, 3.63) is 59.9 Å². The van der Waals surface area contributed by atoms with Crippen molar-refractivity contribution in [2.45, 2.75) is 40.3 Å². The summed E-state index contributed by atoms with van der Waals surface area (Å²) in [5.74, 6) is 0.546. The zero-order chi connectivity index (χ0) is 17.5. The molecule has 1 N–H and O–H groups in total. The standard InChI is InChI=1S/C20H27N3O/c1-15(2)11-22-19-10-18(12-21-13-19)20(24)23(16(3)4)14-17-8-6-5-7-9-17/h5-10,12-13,15-16,22H,11,14H2,1-4H3. The highest BCUT2D eigenvalue weighted by Gasteiger charge is 2.19. The molecule has 0 atom stereocenters. The molecule has 0 radical (unpaired) electrons.